The molecule has 4 aromatic heterocycles. The van der Waals surface area contributed by atoms with E-state index in [1.54, 1.807) is 60.0 Å². The first-order valence-electron chi connectivity index (χ1n) is 26.9. The van der Waals surface area contributed by atoms with Gasteiger partial charge in [0.2, 0.25) is 5.91 Å². The molecule has 404 valence electrons. The Labute approximate surface area is 452 Å². The minimum atomic E-state index is -2.66. The van der Waals surface area contributed by atoms with Crippen LogP contribution in [0.25, 0.3) is 17.1 Å². The maximum Gasteiger partial charge on any atom is 0.264 e. The van der Waals surface area contributed by atoms with E-state index in [4.69, 9.17) is 21.4 Å². The smallest absolute Gasteiger partial charge is 0.264 e. The summed E-state index contributed by atoms with van der Waals surface area (Å²) in [7, 11) is 1.79. The molecule has 2 saturated heterocycles. The van der Waals surface area contributed by atoms with Gasteiger partial charge in [0.15, 0.2) is 5.82 Å². The lowest BCUT2D eigenvalue weighted by atomic mass is 9.49. The van der Waals surface area contributed by atoms with Crippen molar-refractivity contribution in [1.29, 1.82) is 5.26 Å². The number of nitriles is 1. The van der Waals surface area contributed by atoms with Gasteiger partial charge < -0.3 is 24.8 Å². The number of rotatable bonds is 13. The van der Waals surface area contributed by atoms with E-state index in [0.717, 1.165) is 105 Å². The molecule has 1 aliphatic carbocycles. The zero-order chi connectivity index (χ0) is 53.9. The Morgan fingerprint density at radius 2 is 1.68 bits per heavy atom. The van der Waals surface area contributed by atoms with Crippen molar-refractivity contribution in [2.75, 3.05) is 50.7 Å². The number of hydrogen-bond acceptors (Lipinski definition) is 13. The highest BCUT2D eigenvalue weighted by Gasteiger charge is 2.64. The van der Waals surface area contributed by atoms with Crippen LogP contribution in [-0.4, -0.2) is 129 Å². The first-order valence-corrected chi connectivity index (χ1v) is 27.3. The quantitative estimate of drug-likeness (QED) is 0.117. The highest BCUT2D eigenvalue weighted by Crippen LogP contribution is 2.56. The van der Waals surface area contributed by atoms with Crippen LogP contribution in [0.5, 0.6) is 5.75 Å². The van der Waals surface area contributed by atoms with Crippen LogP contribution < -0.4 is 15.0 Å². The fourth-order valence-electron chi connectivity index (χ4n) is 13.2. The highest BCUT2D eigenvalue weighted by molar-refractivity contribution is 6.31. The number of aryl methyl sites for hydroxylation is 2. The van der Waals surface area contributed by atoms with Crippen LogP contribution in [0.3, 0.4) is 0 Å². The number of anilines is 2. The molecule has 1 N–H and O–H groups in total. The lowest BCUT2D eigenvalue weighted by Gasteiger charge is -2.63. The topological polar surface area (TPSA) is 184 Å². The van der Waals surface area contributed by atoms with Gasteiger partial charge in [-0.2, -0.15) is 20.1 Å². The number of nitrogens with zero attached hydrogens (tertiary/aromatic N) is 14. The van der Waals surface area contributed by atoms with Crippen LogP contribution in [0.2, 0.25) is 5.02 Å². The minimum absolute atomic E-state index is 0.0139. The molecule has 2 aromatic carbocycles. The van der Waals surface area contributed by atoms with E-state index in [1.165, 1.54) is 12.4 Å². The number of carbonyl (C=O) groups is 2. The van der Waals surface area contributed by atoms with Crippen molar-refractivity contribution < 1.29 is 23.1 Å². The molecule has 8 heterocycles. The van der Waals surface area contributed by atoms with Crippen molar-refractivity contribution >= 4 is 34.9 Å². The van der Waals surface area contributed by atoms with E-state index in [1.807, 2.05) is 17.2 Å². The van der Waals surface area contributed by atoms with Gasteiger partial charge in [-0.05, 0) is 92.9 Å². The number of halogens is 3. The number of piperidine rings is 2. The molecule has 0 bridgehead atoms. The van der Waals surface area contributed by atoms with Gasteiger partial charge >= 0.3 is 0 Å². The molecular formula is C56H66ClF2N15O3. The molecule has 3 fully saturated rings. The molecule has 11 rings (SSSR count). The number of likely N-dealkylation sites (tertiary alicyclic amines) is 2. The molecule has 77 heavy (non-hydrogen) atoms. The number of hydrogen-bond donors (Lipinski definition) is 1. The number of ether oxygens (including phenoxy) is 1. The Morgan fingerprint density at radius 1 is 0.935 bits per heavy atom. The Balaban J connectivity index is 0.671. The van der Waals surface area contributed by atoms with Crippen LogP contribution in [-0.2, 0) is 37.8 Å². The van der Waals surface area contributed by atoms with Gasteiger partial charge in [-0.1, -0.05) is 44.5 Å². The predicted molar refractivity (Wildman–Crippen MR) is 285 cm³/mol. The van der Waals surface area contributed by atoms with Crippen molar-refractivity contribution in [3.05, 3.63) is 106 Å². The summed E-state index contributed by atoms with van der Waals surface area (Å²) in [5, 5.41) is 31.2. The van der Waals surface area contributed by atoms with Gasteiger partial charge in [0.05, 0.1) is 46.8 Å². The summed E-state index contributed by atoms with van der Waals surface area (Å²) in [5.41, 5.74) is 5.85. The summed E-state index contributed by atoms with van der Waals surface area (Å²) in [4.78, 5) is 44.2. The molecule has 1 saturated carbocycles. The Bertz CT molecular complexity index is 3200. The van der Waals surface area contributed by atoms with Crippen molar-refractivity contribution in [2.45, 2.75) is 117 Å². The third-order valence-corrected chi connectivity index (χ3v) is 17.3. The third kappa shape index (κ3) is 10.2. The van der Waals surface area contributed by atoms with Gasteiger partial charge in [-0.25, -0.2) is 18.7 Å². The zero-order valence-electron chi connectivity index (χ0n) is 44.6. The second kappa shape index (κ2) is 20.9. The number of benzene rings is 2. The van der Waals surface area contributed by atoms with Crippen molar-refractivity contribution in [3.8, 4) is 28.9 Å². The molecule has 0 spiro atoms. The highest BCUT2D eigenvalue weighted by atomic mass is 35.5. The van der Waals surface area contributed by atoms with Crippen LogP contribution in [0, 0.1) is 28.1 Å². The fourth-order valence-corrected chi connectivity index (χ4v) is 13.4. The fraction of sp³-hybridized carbons (Fsp3) is 0.518. The number of alkyl halides is 2. The molecule has 0 radical (unpaired) electrons. The summed E-state index contributed by atoms with van der Waals surface area (Å²) in [5.74, 6) is 2.01. The van der Waals surface area contributed by atoms with Crippen molar-refractivity contribution in [1.82, 2.24) is 64.5 Å². The molecule has 6 aromatic rings. The standard InChI is InChI=1S/C56H66ClF2N15O3/c1-34(75)71-21-15-47-45(33-71)50(72-16-7-8-36-22-43(39-28-63-68(6)30-39)44(49(58)59)24-48(36)72)66-74(47)41-13-19-69(20-14-41)29-35-11-17-70(18-12-35)31-40-32-73(67-65-40)54-61-26-38(27-62-54)51(76)64-52-55(2,3)53(56(52,4)5)77-42-10-9-37(25-60)46(57)23-42/h9-10,22-24,26-28,30,32,35,41,49,52-53H,7-8,11-21,29,31,33H2,1-6H3,(H,64,76). The SMILES string of the molecule is CC(=O)N1CCc2c(c(N3CCCc4cc(-c5cnn(C)c5)c(C(F)F)cc43)nn2C2CCN(CC3CCN(Cc4cn(-c5ncc(C(=O)NC6C(C)(C)C(Oc7ccc(C#N)c(Cl)c7)C6(C)C)cn5)nn4)CC3)CC2)C1. The molecule has 5 aliphatic rings. The number of fused-ring (bicyclic) bond motifs is 2. The van der Waals surface area contributed by atoms with Gasteiger partial charge in [-0.3, -0.25) is 23.9 Å². The lowest BCUT2D eigenvalue weighted by molar-refractivity contribution is -0.164. The van der Waals surface area contributed by atoms with Gasteiger partial charge in [-0.15, -0.1) is 5.10 Å². The van der Waals surface area contributed by atoms with Crippen LogP contribution in [0.1, 0.15) is 123 Å². The Morgan fingerprint density at radius 3 is 2.35 bits per heavy atom. The molecule has 0 atom stereocenters. The number of aromatic nitrogens is 9. The van der Waals surface area contributed by atoms with E-state index in [2.05, 4.69) is 83.8 Å². The maximum absolute atomic E-state index is 14.8. The van der Waals surface area contributed by atoms with Crippen molar-refractivity contribution in [2.24, 2.45) is 23.8 Å². The maximum atomic E-state index is 14.8. The molecule has 2 amide bonds. The largest absolute Gasteiger partial charge is 0.489 e. The van der Waals surface area contributed by atoms with E-state index in [9.17, 15) is 23.6 Å². The molecule has 4 aliphatic heterocycles. The van der Waals surface area contributed by atoms with Crippen LogP contribution in [0.15, 0.2) is 61.3 Å². The predicted octanol–water partition coefficient (Wildman–Crippen LogP) is 8.27. The van der Waals surface area contributed by atoms with Gasteiger partial charge in [0.1, 0.15) is 17.9 Å². The van der Waals surface area contributed by atoms with E-state index < -0.39 is 17.3 Å². The molecular weight excluding hydrogens is 1000 g/mol. The Kier molecular flexibility index (Phi) is 14.1. The van der Waals surface area contributed by atoms with E-state index in [-0.39, 0.29) is 35.6 Å². The Hall–Kier alpha value is -6.82. The summed E-state index contributed by atoms with van der Waals surface area (Å²) in [6.07, 6.45) is 11.8. The molecule has 21 heteroatoms. The first-order chi connectivity index (χ1) is 36.9. The minimum Gasteiger partial charge on any atom is -0.489 e. The zero-order valence-corrected chi connectivity index (χ0v) is 45.3. The average molecular weight is 1070 g/mol. The van der Waals surface area contributed by atoms with Gasteiger partial charge in [0.25, 0.3) is 18.3 Å². The number of nitrogens with one attached hydrogen (secondary N) is 1. The summed E-state index contributed by atoms with van der Waals surface area (Å²) < 4.78 is 41.4. The van der Waals surface area contributed by atoms with E-state index in [0.29, 0.717) is 77.5 Å². The lowest BCUT2D eigenvalue weighted by Crippen LogP contribution is -2.74. The third-order valence-electron chi connectivity index (χ3n) is 17.0. The average Bonchev–Trinajstić information content (AvgIpc) is 4.24. The summed E-state index contributed by atoms with van der Waals surface area (Å²) >= 11 is 6.27. The number of amides is 2. The van der Waals surface area contributed by atoms with Crippen LogP contribution in [0.4, 0.5) is 20.3 Å². The first kappa shape index (κ1) is 52.2. The second-order valence-corrected chi connectivity index (χ2v) is 23.3. The molecule has 18 nitrogen and oxygen atoms in total. The van der Waals surface area contributed by atoms with E-state index >= 15 is 0 Å². The second-order valence-electron chi connectivity index (χ2n) is 22.9. The monoisotopic (exact) mass is 1070 g/mol. The summed E-state index contributed by atoms with van der Waals surface area (Å²) in [6, 6.07) is 10.7. The summed E-state index contributed by atoms with van der Waals surface area (Å²) in [6.45, 7) is 17.2. The van der Waals surface area contributed by atoms with Gasteiger partial charge in [0, 0.05) is 129 Å². The number of carbonyl (C=O) groups excluding carboxylic acids is 2. The van der Waals surface area contributed by atoms with Crippen molar-refractivity contribution in [3.63, 3.8) is 0 Å². The molecule has 0 unspecified atom stereocenters. The van der Waals surface area contributed by atoms with Crippen LogP contribution >= 0.6 is 11.6 Å². The normalized spacial score (nSPS) is 20.8.